The minimum atomic E-state index is 0.846. The summed E-state index contributed by atoms with van der Waals surface area (Å²) in [6.07, 6.45) is 4.71. The Morgan fingerprint density at radius 2 is 2.15 bits per heavy atom. The van der Waals surface area contributed by atoms with Gasteiger partial charge in [0.2, 0.25) is 0 Å². The molecule has 1 saturated heterocycles. The third-order valence-corrected chi connectivity index (χ3v) is 3.18. The van der Waals surface area contributed by atoms with Gasteiger partial charge in [0.25, 0.3) is 0 Å². The highest BCUT2D eigenvalue weighted by molar-refractivity contribution is 8.02. The first kappa shape index (κ1) is 8.71. The van der Waals surface area contributed by atoms with Gasteiger partial charge in [-0.15, -0.1) is 11.8 Å². The molecule has 0 spiro atoms. The summed E-state index contributed by atoms with van der Waals surface area (Å²) in [6, 6.07) is 2.26. The Balaban J connectivity index is 2.17. The number of allylic oxidation sites excluding steroid dienone is 1. The van der Waals surface area contributed by atoms with E-state index in [4.69, 9.17) is 5.26 Å². The lowest BCUT2D eigenvalue weighted by atomic mass is 10.2. The van der Waals surface area contributed by atoms with Gasteiger partial charge in [-0.3, -0.25) is 0 Å². The van der Waals surface area contributed by atoms with Gasteiger partial charge in [-0.1, -0.05) is 0 Å². The first-order valence-electron chi connectivity index (χ1n) is 4.59. The summed E-state index contributed by atoms with van der Waals surface area (Å²) < 4.78 is 0. The second-order valence-electron chi connectivity index (χ2n) is 3.26. The van der Waals surface area contributed by atoms with E-state index in [0.29, 0.717) is 0 Å². The lowest BCUT2D eigenvalue weighted by Crippen LogP contribution is -2.20. The lowest BCUT2D eigenvalue weighted by Gasteiger charge is -2.22. The molecule has 0 aromatic rings. The van der Waals surface area contributed by atoms with E-state index in [2.05, 4.69) is 17.0 Å². The lowest BCUT2D eigenvalue weighted by molar-refractivity contribution is 0.436. The number of nitriles is 1. The van der Waals surface area contributed by atoms with Crippen LogP contribution < -0.4 is 0 Å². The van der Waals surface area contributed by atoms with E-state index in [9.17, 15) is 0 Å². The van der Waals surface area contributed by atoms with Gasteiger partial charge in [-0.2, -0.15) is 5.26 Å². The third kappa shape index (κ3) is 1.73. The molecular formula is C10H12N2S. The SMILES string of the molecule is N#CC1=CSCC=C1N1CCCC1. The van der Waals surface area contributed by atoms with Crippen LogP contribution >= 0.6 is 11.8 Å². The standard InChI is InChI=1S/C10H12N2S/c11-7-9-8-13-6-3-10(9)12-4-1-2-5-12/h3,8H,1-2,4-6H2. The van der Waals surface area contributed by atoms with Crippen molar-refractivity contribution in [1.29, 1.82) is 5.26 Å². The molecule has 2 aliphatic heterocycles. The predicted molar refractivity (Wildman–Crippen MR) is 55.0 cm³/mol. The average molecular weight is 192 g/mol. The Hall–Kier alpha value is -0.880. The molecule has 0 unspecified atom stereocenters. The van der Waals surface area contributed by atoms with Crippen molar-refractivity contribution in [3.05, 3.63) is 22.8 Å². The monoisotopic (exact) mass is 192 g/mol. The molecule has 1 fully saturated rings. The molecule has 0 aromatic carbocycles. The maximum atomic E-state index is 8.92. The quantitative estimate of drug-likeness (QED) is 0.636. The number of rotatable bonds is 1. The van der Waals surface area contributed by atoms with Crippen LogP contribution in [-0.2, 0) is 0 Å². The molecule has 2 nitrogen and oxygen atoms in total. The molecule has 0 aliphatic carbocycles. The number of hydrogen-bond acceptors (Lipinski definition) is 3. The van der Waals surface area contributed by atoms with Crippen LogP contribution in [0.1, 0.15) is 12.8 Å². The van der Waals surface area contributed by atoms with Gasteiger partial charge >= 0.3 is 0 Å². The van der Waals surface area contributed by atoms with Gasteiger partial charge in [-0.05, 0) is 24.3 Å². The zero-order valence-electron chi connectivity index (χ0n) is 7.49. The van der Waals surface area contributed by atoms with Crippen LogP contribution in [0, 0.1) is 11.3 Å². The van der Waals surface area contributed by atoms with Crippen molar-refractivity contribution in [3.63, 3.8) is 0 Å². The van der Waals surface area contributed by atoms with E-state index in [1.54, 1.807) is 11.8 Å². The van der Waals surface area contributed by atoms with Crippen molar-refractivity contribution < 1.29 is 0 Å². The molecule has 2 rings (SSSR count). The summed E-state index contributed by atoms with van der Waals surface area (Å²) in [6.45, 7) is 2.24. The van der Waals surface area contributed by atoms with Gasteiger partial charge in [0.05, 0.1) is 11.3 Å². The Morgan fingerprint density at radius 3 is 2.85 bits per heavy atom. The molecule has 3 heteroatoms. The average Bonchev–Trinajstić information content (AvgIpc) is 2.70. The summed E-state index contributed by atoms with van der Waals surface area (Å²) in [5.41, 5.74) is 2.01. The zero-order valence-corrected chi connectivity index (χ0v) is 8.31. The van der Waals surface area contributed by atoms with Gasteiger partial charge in [0.15, 0.2) is 0 Å². The Labute approximate surface area is 82.9 Å². The van der Waals surface area contributed by atoms with Gasteiger partial charge in [0.1, 0.15) is 6.07 Å². The fourth-order valence-electron chi connectivity index (χ4n) is 1.77. The minimum absolute atomic E-state index is 0.846. The Bertz CT molecular complexity index is 293. The molecule has 0 N–H and O–H groups in total. The highest BCUT2D eigenvalue weighted by atomic mass is 32.2. The van der Waals surface area contributed by atoms with Gasteiger partial charge in [-0.25, -0.2) is 0 Å². The van der Waals surface area contributed by atoms with Crippen LogP contribution in [-0.4, -0.2) is 23.7 Å². The fourth-order valence-corrected chi connectivity index (χ4v) is 2.46. The Morgan fingerprint density at radius 1 is 1.38 bits per heavy atom. The van der Waals surface area contributed by atoms with Crippen molar-refractivity contribution >= 4 is 11.8 Å². The molecule has 0 bridgehead atoms. The van der Waals surface area contributed by atoms with Crippen molar-refractivity contribution in [2.45, 2.75) is 12.8 Å². The normalized spacial score (nSPS) is 22.2. The molecular weight excluding hydrogens is 180 g/mol. The van der Waals surface area contributed by atoms with Crippen molar-refractivity contribution in [2.75, 3.05) is 18.8 Å². The predicted octanol–water partition coefficient (Wildman–Crippen LogP) is 2.12. The first-order chi connectivity index (χ1) is 6.42. The molecule has 2 aliphatic rings. The first-order valence-corrected chi connectivity index (χ1v) is 5.64. The van der Waals surface area contributed by atoms with Gasteiger partial charge in [0, 0.05) is 18.8 Å². The smallest absolute Gasteiger partial charge is 0.102 e. The largest absolute Gasteiger partial charge is 0.371 e. The molecule has 0 amide bonds. The topological polar surface area (TPSA) is 27.0 Å². The van der Waals surface area contributed by atoms with Crippen LogP contribution in [0.15, 0.2) is 22.8 Å². The molecule has 2 heterocycles. The summed E-state index contributed by atoms with van der Waals surface area (Å²) in [7, 11) is 0. The van der Waals surface area contributed by atoms with E-state index < -0.39 is 0 Å². The van der Waals surface area contributed by atoms with Crippen molar-refractivity contribution in [1.82, 2.24) is 4.90 Å². The molecule has 0 radical (unpaired) electrons. The van der Waals surface area contributed by atoms with E-state index in [-0.39, 0.29) is 0 Å². The fraction of sp³-hybridized carbons (Fsp3) is 0.500. The number of likely N-dealkylation sites (tertiary alicyclic amines) is 1. The summed E-state index contributed by atoms with van der Waals surface area (Å²) in [5.74, 6) is 1.01. The highest BCUT2D eigenvalue weighted by Gasteiger charge is 2.19. The highest BCUT2D eigenvalue weighted by Crippen LogP contribution is 2.26. The van der Waals surface area contributed by atoms with Crippen LogP contribution in [0.4, 0.5) is 0 Å². The van der Waals surface area contributed by atoms with Crippen LogP contribution in [0.25, 0.3) is 0 Å². The molecule has 0 aromatic heterocycles. The second-order valence-corrected chi connectivity index (χ2v) is 4.16. The van der Waals surface area contributed by atoms with Crippen molar-refractivity contribution in [3.8, 4) is 6.07 Å². The van der Waals surface area contributed by atoms with E-state index in [1.807, 2.05) is 5.41 Å². The van der Waals surface area contributed by atoms with Crippen LogP contribution in [0.5, 0.6) is 0 Å². The Kier molecular flexibility index (Phi) is 2.60. The van der Waals surface area contributed by atoms with E-state index >= 15 is 0 Å². The molecule has 0 atom stereocenters. The third-order valence-electron chi connectivity index (χ3n) is 2.42. The zero-order chi connectivity index (χ0) is 9.10. The number of hydrogen-bond donors (Lipinski definition) is 0. The molecule has 68 valence electrons. The summed E-state index contributed by atoms with van der Waals surface area (Å²) in [4.78, 5) is 2.33. The van der Waals surface area contributed by atoms with Gasteiger partial charge < -0.3 is 4.90 Å². The minimum Gasteiger partial charge on any atom is -0.371 e. The van der Waals surface area contributed by atoms with E-state index in [1.165, 1.54) is 18.5 Å². The summed E-state index contributed by atoms with van der Waals surface area (Å²) in [5, 5.41) is 10.9. The van der Waals surface area contributed by atoms with Crippen molar-refractivity contribution in [2.24, 2.45) is 0 Å². The molecule has 0 saturated carbocycles. The number of nitrogens with zero attached hydrogens (tertiary/aromatic N) is 2. The number of thioether (sulfide) groups is 1. The maximum absolute atomic E-state index is 8.92. The second kappa shape index (κ2) is 3.89. The van der Waals surface area contributed by atoms with E-state index in [0.717, 1.165) is 24.4 Å². The maximum Gasteiger partial charge on any atom is 0.102 e. The van der Waals surface area contributed by atoms with Crippen LogP contribution in [0.3, 0.4) is 0 Å². The molecule has 13 heavy (non-hydrogen) atoms. The summed E-state index contributed by atoms with van der Waals surface area (Å²) >= 11 is 1.70. The van der Waals surface area contributed by atoms with Crippen LogP contribution in [0.2, 0.25) is 0 Å².